The molecule has 3 aromatic rings. The highest BCUT2D eigenvalue weighted by molar-refractivity contribution is 8.23. The highest BCUT2D eigenvalue weighted by Crippen LogP contribution is 2.36. The Bertz CT molecular complexity index is 1290. The maximum atomic E-state index is 12.5. The predicted octanol–water partition coefficient (Wildman–Crippen LogP) is 5.37. The monoisotopic (exact) mass is 525 g/mol. The fourth-order valence-electron chi connectivity index (χ4n) is 4.71. The summed E-state index contributed by atoms with van der Waals surface area (Å²) in [6.07, 6.45) is 1.07. The van der Waals surface area contributed by atoms with Gasteiger partial charge in [-0.1, -0.05) is 41.6 Å². The second-order valence-corrected chi connectivity index (χ2v) is 10.8. The van der Waals surface area contributed by atoms with Gasteiger partial charge in [-0.3, -0.25) is 9.59 Å². The number of hydrogen-bond donors (Lipinski definition) is 1. The number of ether oxygens (including phenoxy) is 1. The Morgan fingerprint density at radius 1 is 1.03 bits per heavy atom. The fourth-order valence-corrected chi connectivity index (χ4v) is 5.82. The second kappa shape index (κ2) is 10.4. The number of thioether (sulfide) groups is 1. The lowest BCUT2D eigenvalue weighted by atomic mass is 9.83. The number of halogens is 1. The van der Waals surface area contributed by atoms with Crippen molar-refractivity contribution in [3.8, 4) is 11.5 Å². The first kappa shape index (κ1) is 23.9. The zero-order valence-corrected chi connectivity index (χ0v) is 21.2. The van der Waals surface area contributed by atoms with Gasteiger partial charge < -0.3 is 19.5 Å². The normalized spacial score (nSPS) is 18.5. The zero-order valence-electron chi connectivity index (χ0n) is 18.9. The molecule has 0 unspecified atom stereocenters. The maximum absolute atomic E-state index is 12.5. The number of carbonyl (C=O) groups excluding carboxylic acids is 1. The summed E-state index contributed by atoms with van der Waals surface area (Å²) in [5.74, 6) is 2.16. The fraction of sp³-hybridized carbons (Fsp3) is 0.269. The van der Waals surface area contributed by atoms with Crippen LogP contribution in [0.5, 0.6) is 11.5 Å². The van der Waals surface area contributed by atoms with Crippen molar-refractivity contribution in [3.63, 3.8) is 0 Å². The van der Waals surface area contributed by atoms with Gasteiger partial charge in [0.15, 0.2) is 0 Å². The summed E-state index contributed by atoms with van der Waals surface area (Å²) in [5.41, 5.74) is 1.86. The van der Waals surface area contributed by atoms with Gasteiger partial charge in [-0.15, -0.1) is 0 Å². The summed E-state index contributed by atoms with van der Waals surface area (Å²) in [6, 6.07) is 19.8. The van der Waals surface area contributed by atoms with Crippen LogP contribution in [0.3, 0.4) is 0 Å². The number of rotatable bonds is 5. The van der Waals surface area contributed by atoms with Gasteiger partial charge in [0.1, 0.15) is 15.8 Å². The molecule has 2 bridgehead atoms. The summed E-state index contributed by atoms with van der Waals surface area (Å²) in [6.45, 7) is 2.33. The van der Waals surface area contributed by atoms with Crippen molar-refractivity contribution in [3.05, 3.63) is 87.8 Å². The molecule has 2 aliphatic heterocycles. The first-order valence-electron chi connectivity index (χ1n) is 11.4. The molecule has 9 heteroatoms. The number of hydrogen-bond acceptors (Lipinski definition) is 5. The van der Waals surface area contributed by atoms with E-state index >= 15 is 0 Å². The van der Waals surface area contributed by atoms with E-state index in [9.17, 15) is 9.59 Å². The Labute approximate surface area is 218 Å². The molecule has 6 nitrogen and oxygen atoms in total. The molecular weight excluding hydrogens is 502 g/mol. The van der Waals surface area contributed by atoms with Crippen LogP contribution in [0.1, 0.15) is 18.0 Å². The van der Waals surface area contributed by atoms with Gasteiger partial charge >= 0.3 is 0 Å². The van der Waals surface area contributed by atoms with Crippen LogP contribution < -0.4 is 15.6 Å². The third-order valence-electron chi connectivity index (χ3n) is 6.25. The number of carbonyl (C=O) groups is 1. The Morgan fingerprint density at radius 2 is 1.74 bits per heavy atom. The number of fused-ring (bicyclic) bond motifs is 4. The van der Waals surface area contributed by atoms with Crippen LogP contribution in [0.2, 0.25) is 5.02 Å². The van der Waals surface area contributed by atoms with Crippen LogP contribution in [0, 0.1) is 5.92 Å². The summed E-state index contributed by atoms with van der Waals surface area (Å²) >= 11 is 12.9. The first-order valence-corrected chi connectivity index (χ1v) is 13.2. The van der Waals surface area contributed by atoms with E-state index < -0.39 is 0 Å². The van der Waals surface area contributed by atoms with E-state index in [1.54, 1.807) is 54.6 Å². The van der Waals surface area contributed by atoms with Crippen molar-refractivity contribution in [2.24, 2.45) is 5.92 Å². The molecule has 5 rings (SSSR count). The molecule has 0 radical (unpaired) electrons. The molecule has 0 saturated carbocycles. The number of aromatic nitrogens is 1. The molecule has 1 amide bonds. The molecule has 1 N–H and O–H groups in total. The highest BCUT2D eigenvalue weighted by atomic mass is 35.5. The van der Waals surface area contributed by atoms with Gasteiger partial charge in [0.2, 0.25) is 5.91 Å². The number of thiocarbonyl (C=S) groups is 1. The Hall–Kier alpha value is -2.81. The molecule has 0 aliphatic carbocycles. The minimum Gasteiger partial charge on any atom is -0.457 e. The first-order chi connectivity index (χ1) is 16.9. The molecule has 2 atom stereocenters. The summed E-state index contributed by atoms with van der Waals surface area (Å²) < 4.78 is 8.42. The molecule has 1 aromatic heterocycles. The molecule has 3 heterocycles. The van der Waals surface area contributed by atoms with Gasteiger partial charge in [-0.05, 0) is 66.9 Å². The minimum absolute atomic E-state index is 0.0730. The lowest BCUT2D eigenvalue weighted by molar-refractivity contribution is -0.113. The van der Waals surface area contributed by atoms with Crippen molar-refractivity contribution in [1.29, 1.82) is 0 Å². The van der Waals surface area contributed by atoms with Gasteiger partial charge in [-0.25, -0.2) is 0 Å². The maximum Gasteiger partial charge on any atom is 0.250 e. The van der Waals surface area contributed by atoms with E-state index in [0.717, 1.165) is 36.1 Å². The van der Waals surface area contributed by atoms with Crippen LogP contribution in [0.4, 0.5) is 5.69 Å². The van der Waals surface area contributed by atoms with Gasteiger partial charge in [0.05, 0.1) is 5.75 Å². The lowest BCUT2D eigenvalue weighted by Crippen LogP contribution is -2.48. The van der Waals surface area contributed by atoms with E-state index in [4.69, 9.17) is 28.6 Å². The minimum atomic E-state index is -0.113. The average Bonchev–Trinajstić information content (AvgIpc) is 2.86. The van der Waals surface area contributed by atoms with E-state index in [-0.39, 0.29) is 23.1 Å². The molecule has 1 fully saturated rings. The molecule has 180 valence electrons. The topological polar surface area (TPSA) is 63.6 Å². The van der Waals surface area contributed by atoms with Crippen LogP contribution in [0.15, 0.2) is 71.5 Å². The van der Waals surface area contributed by atoms with Crippen molar-refractivity contribution in [1.82, 2.24) is 9.47 Å². The molecule has 35 heavy (non-hydrogen) atoms. The number of anilines is 1. The molecular formula is C26H24ClN3O3S2. The zero-order chi connectivity index (χ0) is 24.4. The Morgan fingerprint density at radius 3 is 2.49 bits per heavy atom. The van der Waals surface area contributed by atoms with E-state index in [0.29, 0.717) is 28.1 Å². The van der Waals surface area contributed by atoms with Crippen LogP contribution in [-0.4, -0.2) is 38.5 Å². The number of amides is 1. The van der Waals surface area contributed by atoms with Crippen LogP contribution in [-0.2, 0) is 11.3 Å². The van der Waals surface area contributed by atoms with Crippen molar-refractivity contribution < 1.29 is 9.53 Å². The van der Waals surface area contributed by atoms with Crippen molar-refractivity contribution in [2.45, 2.75) is 18.9 Å². The Balaban J connectivity index is 1.11. The second-order valence-electron chi connectivity index (χ2n) is 8.79. The average molecular weight is 526 g/mol. The SMILES string of the molecule is O=C(CSC(=S)N1C[C@@H]2C[C@@H](C1)c1cccc(=O)n1C2)Nc1ccc(Oc2ccc(Cl)cc2)cc1. The summed E-state index contributed by atoms with van der Waals surface area (Å²) in [7, 11) is 0. The number of piperidine rings is 1. The smallest absolute Gasteiger partial charge is 0.250 e. The standard InChI is InChI=1S/C26H24ClN3O3S2/c27-19-4-8-21(9-5-19)33-22-10-6-20(7-11-22)28-24(31)16-35-26(34)29-13-17-12-18(15-29)23-2-1-3-25(32)30(23)14-17/h1-11,17-18H,12-16H2,(H,28,31)/t17-,18-/m0/s1. The third-order valence-corrected chi connectivity index (χ3v) is 8.03. The van der Waals surface area contributed by atoms with Crippen molar-refractivity contribution >= 4 is 51.5 Å². The van der Waals surface area contributed by atoms with Gasteiger partial charge in [0, 0.05) is 48.0 Å². The number of pyridine rings is 1. The van der Waals surface area contributed by atoms with Crippen LogP contribution >= 0.6 is 35.6 Å². The number of benzene rings is 2. The largest absolute Gasteiger partial charge is 0.457 e. The lowest BCUT2D eigenvalue weighted by Gasteiger charge is -2.43. The molecule has 2 aromatic carbocycles. The molecule has 2 aliphatic rings. The quantitative estimate of drug-likeness (QED) is 0.452. The predicted molar refractivity (Wildman–Crippen MR) is 145 cm³/mol. The van der Waals surface area contributed by atoms with E-state index in [2.05, 4.69) is 10.2 Å². The number of likely N-dealkylation sites (tertiary alicyclic amines) is 1. The molecule has 0 spiro atoms. The molecule has 1 saturated heterocycles. The highest BCUT2D eigenvalue weighted by Gasteiger charge is 2.35. The van der Waals surface area contributed by atoms with E-state index in [1.807, 2.05) is 16.7 Å². The third kappa shape index (κ3) is 5.72. The van der Waals surface area contributed by atoms with Gasteiger partial charge in [-0.2, -0.15) is 0 Å². The summed E-state index contributed by atoms with van der Waals surface area (Å²) in [4.78, 5) is 26.9. The summed E-state index contributed by atoms with van der Waals surface area (Å²) in [5, 5.41) is 3.56. The Kier molecular flexibility index (Phi) is 7.13. The van der Waals surface area contributed by atoms with Gasteiger partial charge in [0.25, 0.3) is 5.56 Å². The number of nitrogens with one attached hydrogen (secondary N) is 1. The van der Waals surface area contributed by atoms with Crippen molar-refractivity contribution in [2.75, 3.05) is 24.2 Å². The number of nitrogens with zero attached hydrogens (tertiary/aromatic N) is 2. The van der Waals surface area contributed by atoms with E-state index in [1.165, 1.54) is 11.8 Å². The van der Waals surface area contributed by atoms with Crippen LogP contribution in [0.25, 0.3) is 0 Å².